The maximum atomic E-state index is 13.2. The Bertz CT molecular complexity index is 1560. The molecule has 1 aromatic rings. The van der Waals surface area contributed by atoms with Gasteiger partial charge in [0.05, 0.1) is 0 Å². The van der Waals surface area contributed by atoms with Gasteiger partial charge in [0.1, 0.15) is 22.6 Å². The van der Waals surface area contributed by atoms with Crippen LogP contribution in [0.1, 0.15) is 113 Å². The van der Waals surface area contributed by atoms with Gasteiger partial charge < -0.3 is 39.9 Å². The number of hydrogen-bond acceptors (Lipinski definition) is 9. The minimum absolute atomic E-state index is 0.0446. The predicted octanol–water partition coefficient (Wildman–Crippen LogP) is 4.77. The maximum absolute atomic E-state index is 13.2. The van der Waals surface area contributed by atoms with Gasteiger partial charge in [-0.1, -0.05) is 0 Å². The third-order valence-corrected chi connectivity index (χ3v) is 10.0. The zero-order valence-corrected chi connectivity index (χ0v) is 33.1. The van der Waals surface area contributed by atoms with Crippen LogP contribution in [0.5, 0.6) is 0 Å². The van der Waals surface area contributed by atoms with Gasteiger partial charge in [0.15, 0.2) is 0 Å². The average Bonchev–Trinajstić information content (AvgIpc) is 3.05. The molecular formula is C37H60N8O9. The Morgan fingerprint density at radius 2 is 1.37 bits per heavy atom. The summed E-state index contributed by atoms with van der Waals surface area (Å²) in [7, 11) is 0. The predicted molar refractivity (Wildman–Crippen MR) is 200 cm³/mol. The van der Waals surface area contributed by atoms with Crippen molar-refractivity contribution < 1.29 is 38.6 Å². The van der Waals surface area contributed by atoms with Crippen LogP contribution in [0.2, 0.25) is 0 Å². The van der Waals surface area contributed by atoms with Crippen molar-refractivity contribution in [3.8, 4) is 0 Å². The molecule has 1 aromatic heterocycles. The molecule has 1 aliphatic heterocycles. The van der Waals surface area contributed by atoms with Crippen LogP contribution in [0.25, 0.3) is 0 Å². The van der Waals surface area contributed by atoms with Gasteiger partial charge in [0, 0.05) is 57.0 Å². The quantitative estimate of drug-likeness (QED) is 0.286. The highest BCUT2D eigenvalue weighted by Crippen LogP contribution is 2.34. The van der Waals surface area contributed by atoms with E-state index in [4.69, 9.17) is 9.47 Å². The summed E-state index contributed by atoms with van der Waals surface area (Å²) in [6.07, 6.45) is 5.16. The normalized spacial score (nSPS) is 22.4. The summed E-state index contributed by atoms with van der Waals surface area (Å²) >= 11 is 0. The number of carbonyl (C=O) groups excluding carboxylic acids is 4. The van der Waals surface area contributed by atoms with Gasteiger partial charge in [-0.15, -0.1) is 0 Å². The number of urea groups is 1. The van der Waals surface area contributed by atoms with Gasteiger partial charge in [-0.3, -0.25) is 14.7 Å². The molecule has 1 saturated heterocycles. The molecule has 2 heterocycles. The summed E-state index contributed by atoms with van der Waals surface area (Å²) in [5, 5.41) is 18.3. The Hall–Kier alpha value is -4.57. The van der Waals surface area contributed by atoms with Gasteiger partial charge in [-0.2, -0.15) is 4.98 Å². The largest absolute Gasteiger partial charge is 0.465 e. The summed E-state index contributed by atoms with van der Waals surface area (Å²) in [5.74, 6) is 0.00454. The lowest BCUT2D eigenvalue weighted by Crippen LogP contribution is -2.60. The van der Waals surface area contributed by atoms with Crippen LogP contribution in [0.4, 0.5) is 25.0 Å². The number of rotatable bonds is 8. The van der Waals surface area contributed by atoms with E-state index in [1.165, 1.54) is 0 Å². The number of anilines is 1. The molecule has 3 aliphatic rings. The summed E-state index contributed by atoms with van der Waals surface area (Å²) in [5.41, 5.74) is -2.97. The molecule has 2 saturated carbocycles. The molecule has 54 heavy (non-hydrogen) atoms. The van der Waals surface area contributed by atoms with Crippen LogP contribution < -0.4 is 21.6 Å². The molecule has 2 aliphatic carbocycles. The first-order chi connectivity index (χ1) is 25.1. The van der Waals surface area contributed by atoms with E-state index in [-0.39, 0.29) is 61.9 Å². The number of nitrogens with zero attached hydrogens (tertiary/aromatic N) is 5. The Kier molecular flexibility index (Phi) is 13.5. The minimum atomic E-state index is -1.21. The molecule has 4 N–H and O–H groups in total. The van der Waals surface area contributed by atoms with Gasteiger partial charge in [-0.25, -0.2) is 24.0 Å². The third kappa shape index (κ3) is 12.2. The number of hydrogen-bond donors (Lipinski definition) is 4. The number of carboxylic acid groups (broad SMARTS) is 1. The maximum Gasteiger partial charge on any atom is 0.408 e. The van der Waals surface area contributed by atoms with Gasteiger partial charge in [0.2, 0.25) is 5.91 Å². The highest BCUT2D eigenvalue weighted by molar-refractivity contribution is 5.90. The summed E-state index contributed by atoms with van der Waals surface area (Å²) in [6, 6.07) is 0.915. The molecule has 17 nitrogen and oxygen atoms in total. The number of piperazine rings is 1. The van der Waals surface area contributed by atoms with E-state index >= 15 is 0 Å². The Balaban J connectivity index is 1.21. The first kappa shape index (κ1) is 42.2. The van der Waals surface area contributed by atoms with Crippen molar-refractivity contribution in [1.82, 2.24) is 34.9 Å². The van der Waals surface area contributed by atoms with Crippen LogP contribution in [0, 0.1) is 5.92 Å². The van der Waals surface area contributed by atoms with E-state index in [1.54, 1.807) is 66.1 Å². The van der Waals surface area contributed by atoms with E-state index in [2.05, 4.69) is 20.9 Å². The monoisotopic (exact) mass is 760 g/mol. The number of amides is 6. The standard InChI is InChI=1S/C37H60N8O9/c1-35(2,3)53-32(49)38-25-11-15-27(16-12-25)45(34(51)52)23-24-9-13-26(14-10-24)44-18-17-28(40-31(44)48)39-30(47)43-21-19-42(20-22-43)29(46)37(7,8)41-33(50)54-36(4,5)6/h17-18,24-27H,9-16,19-23H2,1-8H3,(H,38,49)(H,41,50)(H,51,52)(H,39,40,47,48)/t24?,25-,26?,27-. The van der Waals surface area contributed by atoms with Crippen LogP contribution in [0.3, 0.4) is 0 Å². The van der Waals surface area contributed by atoms with Gasteiger partial charge >= 0.3 is 30.0 Å². The molecule has 0 radical (unpaired) electrons. The van der Waals surface area contributed by atoms with Crippen LogP contribution in [-0.4, -0.2) is 121 Å². The zero-order chi connectivity index (χ0) is 40.0. The first-order valence-electron chi connectivity index (χ1n) is 19.0. The Morgan fingerprint density at radius 1 is 0.815 bits per heavy atom. The van der Waals surface area contributed by atoms with Crippen molar-refractivity contribution in [2.24, 2.45) is 5.92 Å². The molecule has 0 unspecified atom stereocenters. The van der Waals surface area contributed by atoms with Crippen LogP contribution >= 0.6 is 0 Å². The molecule has 6 amide bonds. The van der Waals surface area contributed by atoms with Crippen LogP contribution in [-0.2, 0) is 14.3 Å². The molecule has 0 atom stereocenters. The molecule has 4 rings (SSSR count). The number of ether oxygens (including phenoxy) is 2. The van der Waals surface area contributed by atoms with Crippen molar-refractivity contribution in [2.45, 2.75) is 142 Å². The highest BCUT2D eigenvalue weighted by Gasteiger charge is 2.37. The smallest absolute Gasteiger partial charge is 0.408 e. The van der Waals surface area contributed by atoms with Gasteiger partial charge in [-0.05, 0) is 119 Å². The second-order valence-corrected chi connectivity index (χ2v) is 17.2. The van der Waals surface area contributed by atoms with Crippen molar-refractivity contribution in [2.75, 3.05) is 38.0 Å². The number of nitrogens with one attached hydrogen (secondary N) is 3. The lowest BCUT2D eigenvalue weighted by Gasteiger charge is -2.39. The fraction of sp³-hybridized carbons (Fsp3) is 0.757. The van der Waals surface area contributed by atoms with Crippen molar-refractivity contribution in [1.29, 1.82) is 0 Å². The second-order valence-electron chi connectivity index (χ2n) is 17.2. The molecule has 17 heteroatoms. The van der Waals surface area contributed by atoms with Crippen LogP contribution in [0.15, 0.2) is 17.1 Å². The minimum Gasteiger partial charge on any atom is -0.465 e. The highest BCUT2D eigenvalue weighted by atomic mass is 16.6. The Morgan fingerprint density at radius 3 is 1.91 bits per heavy atom. The molecule has 0 aromatic carbocycles. The topological polar surface area (TPSA) is 205 Å². The van der Waals surface area contributed by atoms with E-state index in [0.29, 0.717) is 45.1 Å². The van der Waals surface area contributed by atoms with E-state index in [9.17, 15) is 33.9 Å². The average molecular weight is 761 g/mol. The molecular weight excluding hydrogens is 700 g/mol. The lowest BCUT2D eigenvalue weighted by molar-refractivity contribution is -0.138. The summed E-state index contributed by atoms with van der Waals surface area (Å²) in [4.78, 5) is 84.8. The number of alkyl carbamates (subject to hydrolysis) is 2. The SMILES string of the molecule is CC(C)(C)OC(=O)NC(C)(C)C(=O)N1CCN(C(=O)Nc2ccn(C3CCC(CN(C(=O)O)[C@H]4CC[C@H](NC(=O)OC(C)(C)C)CC4)CC3)c(=O)n2)CC1. The summed E-state index contributed by atoms with van der Waals surface area (Å²) in [6.45, 7) is 15.3. The molecule has 3 fully saturated rings. The summed E-state index contributed by atoms with van der Waals surface area (Å²) < 4.78 is 12.2. The first-order valence-corrected chi connectivity index (χ1v) is 19.0. The third-order valence-electron chi connectivity index (χ3n) is 10.0. The van der Waals surface area contributed by atoms with Gasteiger partial charge in [0.25, 0.3) is 0 Å². The zero-order valence-electron chi connectivity index (χ0n) is 33.1. The molecule has 0 spiro atoms. The van der Waals surface area contributed by atoms with Crippen molar-refractivity contribution >= 4 is 36.0 Å². The van der Waals surface area contributed by atoms with E-state index in [0.717, 1.165) is 12.8 Å². The number of carbonyl (C=O) groups is 5. The fourth-order valence-electron chi connectivity index (χ4n) is 7.34. The van der Waals surface area contributed by atoms with Crippen molar-refractivity contribution in [3.05, 3.63) is 22.7 Å². The van der Waals surface area contributed by atoms with E-state index < -0.39 is 46.7 Å². The fourth-order valence-corrected chi connectivity index (χ4v) is 7.34. The molecule has 0 bridgehead atoms. The Labute approximate surface area is 317 Å². The second kappa shape index (κ2) is 17.3. The lowest BCUT2D eigenvalue weighted by atomic mass is 9.84. The van der Waals surface area contributed by atoms with E-state index in [1.807, 2.05) is 20.8 Å². The van der Waals surface area contributed by atoms with Crippen molar-refractivity contribution in [3.63, 3.8) is 0 Å². The number of aromatic nitrogens is 2. The molecule has 302 valence electrons.